The Bertz CT molecular complexity index is 1320. The van der Waals surface area contributed by atoms with E-state index in [1.807, 2.05) is 0 Å². The van der Waals surface area contributed by atoms with Crippen LogP contribution in [0.4, 0.5) is 4.39 Å². The summed E-state index contributed by atoms with van der Waals surface area (Å²) in [4.78, 5) is 4.43. The van der Waals surface area contributed by atoms with E-state index in [0.29, 0.717) is 21.7 Å². The summed E-state index contributed by atoms with van der Waals surface area (Å²) in [6.45, 7) is 0. The maximum absolute atomic E-state index is 14.3. The lowest BCUT2D eigenvalue weighted by atomic mass is 10.1. The number of pyridine rings is 1. The molecule has 4 aromatic rings. The summed E-state index contributed by atoms with van der Waals surface area (Å²) in [5.74, 6) is 0.0110. The van der Waals surface area contributed by atoms with E-state index in [2.05, 4.69) is 4.98 Å². The van der Waals surface area contributed by atoms with Crippen LogP contribution in [0.15, 0.2) is 82.6 Å². The van der Waals surface area contributed by atoms with E-state index < -0.39 is 15.7 Å². The Balaban J connectivity index is 2.02. The van der Waals surface area contributed by atoms with Crippen molar-refractivity contribution in [3.8, 4) is 17.0 Å². The zero-order valence-corrected chi connectivity index (χ0v) is 16.8. The van der Waals surface area contributed by atoms with Crippen LogP contribution in [-0.2, 0) is 9.84 Å². The van der Waals surface area contributed by atoms with Gasteiger partial charge in [-0.15, -0.1) is 0 Å². The second-order valence-corrected chi connectivity index (χ2v) is 8.69. The Labute approximate surface area is 172 Å². The van der Waals surface area contributed by atoms with Crippen molar-refractivity contribution in [1.82, 2.24) is 4.98 Å². The van der Waals surface area contributed by atoms with Crippen LogP contribution in [0.3, 0.4) is 0 Å². The summed E-state index contributed by atoms with van der Waals surface area (Å²) in [6, 6.07) is 18.6. The first-order chi connectivity index (χ1) is 13.9. The fourth-order valence-corrected chi connectivity index (χ4v) is 4.71. The smallest absolute Gasteiger partial charge is 0.208 e. The number of rotatable bonds is 4. The van der Waals surface area contributed by atoms with E-state index in [1.54, 1.807) is 42.5 Å². The van der Waals surface area contributed by atoms with Crippen molar-refractivity contribution in [3.05, 3.63) is 83.6 Å². The van der Waals surface area contributed by atoms with Gasteiger partial charge in [0.15, 0.2) is 0 Å². The van der Waals surface area contributed by atoms with Crippen LogP contribution in [0, 0.1) is 5.82 Å². The van der Waals surface area contributed by atoms with Gasteiger partial charge in [0.05, 0.1) is 22.6 Å². The van der Waals surface area contributed by atoms with Crippen LogP contribution >= 0.6 is 11.6 Å². The van der Waals surface area contributed by atoms with Gasteiger partial charge in [-0.25, -0.2) is 17.8 Å². The minimum atomic E-state index is -3.94. The molecule has 0 saturated carbocycles. The predicted octanol–water partition coefficient (Wildman–Crippen LogP) is 5.54. The van der Waals surface area contributed by atoms with Gasteiger partial charge in [-0.05, 0) is 48.5 Å². The maximum Gasteiger partial charge on any atom is 0.208 e. The molecule has 1 aromatic heterocycles. The third kappa shape index (κ3) is 3.57. The first kappa shape index (κ1) is 19.4. The average Bonchev–Trinajstić information content (AvgIpc) is 2.73. The molecule has 0 fully saturated rings. The fourth-order valence-electron chi connectivity index (χ4n) is 3.07. The predicted molar refractivity (Wildman–Crippen MR) is 111 cm³/mol. The summed E-state index contributed by atoms with van der Waals surface area (Å²) in [5, 5.41) is 0.814. The highest BCUT2D eigenvalue weighted by Crippen LogP contribution is 2.34. The zero-order valence-electron chi connectivity index (χ0n) is 15.3. The second-order valence-electron chi connectivity index (χ2n) is 6.34. The lowest BCUT2D eigenvalue weighted by Crippen LogP contribution is -2.06. The van der Waals surface area contributed by atoms with Crippen LogP contribution < -0.4 is 4.74 Å². The second kappa shape index (κ2) is 7.46. The van der Waals surface area contributed by atoms with Gasteiger partial charge in [0.25, 0.3) is 0 Å². The quantitative estimate of drug-likeness (QED) is 0.429. The molecule has 0 unspecified atom stereocenters. The van der Waals surface area contributed by atoms with Crippen LogP contribution in [0.1, 0.15) is 0 Å². The molecule has 4 nitrogen and oxygen atoms in total. The molecule has 1 heterocycles. The van der Waals surface area contributed by atoms with Crippen molar-refractivity contribution in [1.29, 1.82) is 0 Å². The molecular weight excluding hydrogens is 413 g/mol. The number of ether oxygens (including phenoxy) is 1. The van der Waals surface area contributed by atoms with Gasteiger partial charge in [0, 0.05) is 16.0 Å². The maximum atomic E-state index is 14.3. The largest absolute Gasteiger partial charge is 0.497 e. The molecule has 29 heavy (non-hydrogen) atoms. The SMILES string of the molecule is COc1ccc(S(=O)(=O)c2cc3cccc(F)c3nc2-c2cccc(Cl)c2)cc1. The highest BCUT2D eigenvalue weighted by Gasteiger charge is 2.25. The summed E-state index contributed by atoms with van der Waals surface area (Å²) in [7, 11) is -2.44. The first-order valence-electron chi connectivity index (χ1n) is 8.64. The number of benzene rings is 3. The van der Waals surface area contributed by atoms with Gasteiger partial charge >= 0.3 is 0 Å². The van der Waals surface area contributed by atoms with Crippen molar-refractivity contribution < 1.29 is 17.5 Å². The van der Waals surface area contributed by atoms with Gasteiger partial charge in [-0.3, -0.25) is 0 Å². The lowest BCUT2D eigenvalue weighted by molar-refractivity contribution is 0.414. The van der Waals surface area contributed by atoms with Gasteiger partial charge in [-0.1, -0.05) is 35.9 Å². The van der Waals surface area contributed by atoms with E-state index in [1.165, 1.54) is 37.4 Å². The van der Waals surface area contributed by atoms with Gasteiger partial charge < -0.3 is 4.74 Å². The van der Waals surface area contributed by atoms with E-state index >= 15 is 0 Å². The Morgan fingerprint density at radius 2 is 1.69 bits per heavy atom. The summed E-state index contributed by atoms with van der Waals surface area (Å²) >= 11 is 6.10. The Kier molecular flexibility index (Phi) is 4.98. The molecule has 0 N–H and O–H groups in total. The molecule has 146 valence electrons. The lowest BCUT2D eigenvalue weighted by Gasteiger charge is -2.13. The molecule has 0 aliphatic carbocycles. The summed E-state index contributed by atoms with van der Waals surface area (Å²) < 4.78 is 46.3. The molecule has 0 amide bonds. The normalized spacial score (nSPS) is 11.6. The van der Waals surface area contributed by atoms with Crippen LogP contribution in [0.2, 0.25) is 5.02 Å². The van der Waals surface area contributed by atoms with Crippen molar-refractivity contribution in [3.63, 3.8) is 0 Å². The minimum absolute atomic E-state index is 0.0250. The Morgan fingerprint density at radius 1 is 0.966 bits per heavy atom. The fraction of sp³-hybridized carbons (Fsp3) is 0.0455. The number of aromatic nitrogens is 1. The molecule has 7 heteroatoms. The number of halogens is 2. The van der Waals surface area contributed by atoms with Gasteiger partial charge in [-0.2, -0.15) is 0 Å². The monoisotopic (exact) mass is 427 g/mol. The third-order valence-electron chi connectivity index (χ3n) is 4.52. The highest BCUT2D eigenvalue weighted by atomic mass is 35.5. The summed E-state index contributed by atoms with van der Waals surface area (Å²) in [5.41, 5.74) is 0.715. The average molecular weight is 428 g/mol. The van der Waals surface area contributed by atoms with E-state index in [0.717, 1.165) is 0 Å². The molecule has 0 radical (unpaired) electrons. The van der Waals surface area contributed by atoms with Crippen LogP contribution in [0.25, 0.3) is 22.2 Å². The molecule has 4 rings (SSSR count). The third-order valence-corrected chi connectivity index (χ3v) is 6.54. The number of hydrogen-bond acceptors (Lipinski definition) is 4. The molecule has 0 aliphatic heterocycles. The minimum Gasteiger partial charge on any atom is -0.497 e. The summed E-state index contributed by atoms with van der Waals surface area (Å²) in [6.07, 6.45) is 0. The molecule has 0 saturated heterocycles. The number of methoxy groups -OCH3 is 1. The Hall–Kier alpha value is -2.96. The van der Waals surface area contributed by atoms with E-state index in [9.17, 15) is 12.8 Å². The van der Waals surface area contributed by atoms with Crippen molar-refractivity contribution in [2.45, 2.75) is 9.79 Å². The molecule has 3 aromatic carbocycles. The molecule has 0 bridgehead atoms. The number of fused-ring (bicyclic) bond motifs is 1. The van der Waals surface area contributed by atoms with Gasteiger partial charge in [0.1, 0.15) is 17.1 Å². The van der Waals surface area contributed by atoms with Crippen LogP contribution in [-0.4, -0.2) is 20.5 Å². The van der Waals surface area contributed by atoms with E-state index in [-0.39, 0.29) is 21.0 Å². The standard InChI is InChI=1S/C22H15ClFNO3S/c1-28-17-8-10-18(11-9-17)29(26,27)20-13-15-5-3-7-19(24)21(15)25-22(20)14-4-2-6-16(23)12-14/h2-13H,1H3. The topological polar surface area (TPSA) is 56.3 Å². The van der Waals surface area contributed by atoms with Crippen LogP contribution in [0.5, 0.6) is 5.75 Å². The number of hydrogen-bond donors (Lipinski definition) is 0. The number of nitrogens with zero attached hydrogens (tertiary/aromatic N) is 1. The highest BCUT2D eigenvalue weighted by molar-refractivity contribution is 7.91. The van der Waals surface area contributed by atoms with Crippen molar-refractivity contribution in [2.75, 3.05) is 7.11 Å². The molecular formula is C22H15ClFNO3S. The molecule has 0 aliphatic rings. The van der Waals surface area contributed by atoms with E-state index in [4.69, 9.17) is 16.3 Å². The number of para-hydroxylation sites is 1. The first-order valence-corrected chi connectivity index (χ1v) is 10.5. The van der Waals surface area contributed by atoms with Gasteiger partial charge in [0.2, 0.25) is 9.84 Å². The molecule has 0 spiro atoms. The zero-order chi connectivity index (χ0) is 20.6. The van der Waals surface area contributed by atoms with Crippen molar-refractivity contribution in [2.24, 2.45) is 0 Å². The van der Waals surface area contributed by atoms with Crippen molar-refractivity contribution >= 4 is 32.3 Å². The number of sulfone groups is 1. The Morgan fingerprint density at radius 3 is 2.38 bits per heavy atom. The molecule has 0 atom stereocenters.